The Balaban J connectivity index is 1.85. The van der Waals surface area contributed by atoms with Gasteiger partial charge in [0, 0.05) is 12.7 Å². The molecule has 0 saturated carbocycles. The molecule has 0 saturated heterocycles. The Labute approximate surface area is 142 Å². The van der Waals surface area contributed by atoms with Crippen LogP contribution >= 0.6 is 11.3 Å². The van der Waals surface area contributed by atoms with E-state index < -0.39 is 0 Å². The summed E-state index contributed by atoms with van der Waals surface area (Å²) in [5.74, 6) is 0.643. The highest BCUT2D eigenvalue weighted by Crippen LogP contribution is 2.32. The van der Waals surface area contributed by atoms with Crippen LogP contribution in [-0.2, 0) is 9.53 Å². The highest BCUT2D eigenvalue weighted by molar-refractivity contribution is 7.19. The molecular weight excluding hydrogens is 328 g/mol. The molecular formula is C16H16N4O3S. The van der Waals surface area contributed by atoms with Crippen LogP contribution in [0.25, 0.3) is 22.2 Å². The van der Waals surface area contributed by atoms with Gasteiger partial charge in [-0.15, -0.1) is 0 Å². The summed E-state index contributed by atoms with van der Waals surface area (Å²) in [6.45, 7) is 3.81. The zero-order chi connectivity index (χ0) is 17.1. The Hall–Kier alpha value is -2.58. The van der Waals surface area contributed by atoms with Crippen molar-refractivity contribution in [2.45, 2.75) is 13.8 Å². The minimum absolute atomic E-state index is 0.0218. The van der Waals surface area contributed by atoms with Crippen LogP contribution in [0.1, 0.15) is 11.3 Å². The number of methoxy groups -OCH3 is 1. The second-order valence-electron chi connectivity index (χ2n) is 5.21. The fourth-order valence-corrected chi connectivity index (χ4v) is 3.06. The number of aryl methyl sites for hydroxylation is 2. The van der Waals surface area contributed by atoms with Crippen molar-refractivity contribution in [3.63, 3.8) is 0 Å². The third kappa shape index (κ3) is 3.50. The number of nitrogens with zero attached hydrogens (tertiary/aromatic N) is 3. The fraction of sp³-hybridized carbons (Fsp3) is 0.250. The summed E-state index contributed by atoms with van der Waals surface area (Å²) in [5, 5.41) is 7.18. The zero-order valence-corrected chi connectivity index (χ0v) is 14.3. The molecule has 0 spiro atoms. The Kier molecular flexibility index (Phi) is 4.68. The van der Waals surface area contributed by atoms with E-state index in [-0.39, 0.29) is 12.5 Å². The fourth-order valence-electron chi connectivity index (χ4n) is 2.15. The van der Waals surface area contributed by atoms with Gasteiger partial charge in [-0.05, 0) is 19.9 Å². The summed E-state index contributed by atoms with van der Waals surface area (Å²) in [5.41, 5.74) is 2.73. The van der Waals surface area contributed by atoms with Gasteiger partial charge in [0.1, 0.15) is 11.5 Å². The number of ether oxygens (including phenoxy) is 1. The van der Waals surface area contributed by atoms with E-state index in [4.69, 9.17) is 9.26 Å². The first-order valence-electron chi connectivity index (χ1n) is 7.24. The monoisotopic (exact) mass is 344 g/mol. The summed E-state index contributed by atoms with van der Waals surface area (Å²) in [7, 11) is 1.46. The number of thiazole rings is 1. The Bertz CT molecular complexity index is 872. The largest absolute Gasteiger partial charge is 0.375 e. The number of nitrogens with one attached hydrogen (secondary N) is 1. The van der Waals surface area contributed by atoms with Crippen LogP contribution in [-0.4, -0.2) is 34.7 Å². The van der Waals surface area contributed by atoms with Crippen molar-refractivity contribution in [2.75, 3.05) is 19.0 Å². The molecule has 2 aromatic heterocycles. The molecule has 0 radical (unpaired) electrons. The van der Waals surface area contributed by atoms with Crippen molar-refractivity contribution in [1.82, 2.24) is 15.1 Å². The maximum Gasteiger partial charge on any atom is 0.270 e. The van der Waals surface area contributed by atoms with Gasteiger partial charge in [-0.3, -0.25) is 10.1 Å². The zero-order valence-electron chi connectivity index (χ0n) is 13.5. The molecule has 0 aliphatic carbocycles. The summed E-state index contributed by atoms with van der Waals surface area (Å²) in [6, 6.07) is 7.87. The lowest BCUT2D eigenvalue weighted by Gasteiger charge is -1.98. The van der Waals surface area contributed by atoms with Gasteiger partial charge < -0.3 is 9.26 Å². The molecule has 1 N–H and O–H groups in total. The van der Waals surface area contributed by atoms with Crippen LogP contribution in [0.3, 0.4) is 0 Å². The molecule has 1 amide bonds. The number of rotatable bonds is 5. The first-order valence-corrected chi connectivity index (χ1v) is 8.06. The van der Waals surface area contributed by atoms with Gasteiger partial charge in [0.2, 0.25) is 5.82 Å². The maximum absolute atomic E-state index is 11.6. The molecule has 8 heteroatoms. The number of aromatic nitrogens is 3. The van der Waals surface area contributed by atoms with Gasteiger partial charge in [-0.1, -0.05) is 40.3 Å². The normalized spacial score (nSPS) is 10.8. The van der Waals surface area contributed by atoms with E-state index in [0.29, 0.717) is 22.5 Å². The van der Waals surface area contributed by atoms with Crippen LogP contribution in [0.4, 0.5) is 5.13 Å². The van der Waals surface area contributed by atoms with Crippen molar-refractivity contribution in [3.8, 4) is 22.2 Å². The first kappa shape index (κ1) is 16.3. The molecule has 0 unspecified atom stereocenters. The lowest BCUT2D eigenvalue weighted by molar-refractivity contribution is -0.119. The average molecular weight is 344 g/mol. The maximum atomic E-state index is 11.6. The summed E-state index contributed by atoms with van der Waals surface area (Å²) in [4.78, 5) is 21.0. The van der Waals surface area contributed by atoms with E-state index >= 15 is 0 Å². The minimum Gasteiger partial charge on any atom is -0.375 e. The molecule has 3 rings (SSSR count). The van der Waals surface area contributed by atoms with Gasteiger partial charge >= 0.3 is 0 Å². The second-order valence-corrected chi connectivity index (χ2v) is 6.21. The molecule has 7 nitrogen and oxygen atoms in total. The standard InChI is InChI=1S/C16H16N4O3S/c1-9-5-4-6-11(7-9)14-19-15(23-20-14)13-10(2)17-16(24-13)18-12(21)8-22-3/h4-7H,8H2,1-3H3,(H,17,18,21). The lowest BCUT2D eigenvalue weighted by atomic mass is 10.1. The SMILES string of the molecule is COCC(=O)Nc1nc(C)c(-c2nc(-c3cccc(C)c3)no2)s1. The highest BCUT2D eigenvalue weighted by atomic mass is 32.1. The minimum atomic E-state index is -0.260. The Morgan fingerprint density at radius 3 is 2.92 bits per heavy atom. The molecule has 0 aliphatic heterocycles. The summed E-state index contributed by atoms with van der Waals surface area (Å²) >= 11 is 1.28. The third-order valence-corrected chi connectivity index (χ3v) is 4.28. The van der Waals surface area contributed by atoms with Crippen molar-refractivity contribution in [2.24, 2.45) is 0 Å². The van der Waals surface area contributed by atoms with Gasteiger partial charge in [0.05, 0.1) is 5.69 Å². The predicted molar refractivity (Wildman–Crippen MR) is 90.8 cm³/mol. The lowest BCUT2D eigenvalue weighted by Crippen LogP contribution is -2.16. The Morgan fingerprint density at radius 2 is 2.17 bits per heavy atom. The van der Waals surface area contributed by atoms with Crippen LogP contribution in [0.2, 0.25) is 0 Å². The third-order valence-electron chi connectivity index (χ3n) is 3.21. The summed E-state index contributed by atoms with van der Waals surface area (Å²) < 4.78 is 10.1. The van der Waals surface area contributed by atoms with E-state index in [1.54, 1.807) is 0 Å². The molecule has 1 aromatic carbocycles. The van der Waals surface area contributed by atoms with E-state index in [1.165, 1.54) is 18.4 Å². The quantitative estimate of drug-likeness (QED) is 0.765. The van der Waals surface area contributed by atoms with Crippen LogP contribution in [0, 0.1) is 13.8 Å². The van der Waals surface area contributed by atoms with Crippen LogP contribution < -0.4 is 5.32 Å². The van der Waals surface area contributed by atoms with Gasteiger partial charge in [-0.25, -0.2) is 4.98 Å². The number of hydrogen-bond acceptors (Lipinski definition) is 7. The van der Waals surface area contributed by atoms with E-state index in [0.717, 1.165) is 16.0 Å². The molecule has 0 fully saturated rings. The second kappa shape index (κ2) is 6.90. The van der Waals surface area contributed by atoms with Crippen molar-refractivity contribution < 1.29 is 14.1 Å². The van der Waals surface area contributed by atoms with Crippen molar-refractivity contribution in [1.29, 1.82) is 0 Å². The van der Waals surface area contributed by atoms with Crippen molar-refractivity contribution >= 4 is 22.4 Å². The number of benzene rings is 1. The van der Waals surface area contributed by atoms with Crippen LogP contribution in [0.15, 0.2) is 28.8 Å². The molecule has 0 aliphatic rings. The van der Waals surface area contributed by atoms with E-state index in [9.17, 15) is 4.79 Å². The van der Waals surface area contributed by atoms with E-state index in [1.807, 2.05) is 38.1 Å². The summed E-state index contributed by atoms with van der Waals surface area (Å²) in [6.07, 6.45) is 0. The van der Waals surface area contributed by atoms with Gasteiger partial charge in [-0.2, -0.15) is 4.98 Å². The Morgan fingerprint density at radius 1 is 1.33 bits per heavy atom. The van der Waals surface area contributed by atoms with Crippen LogP contribution in [0.5, 0.6) is 0 Å². The first-order chi connectivity index (χ1) is 11.6. The topological polar surface area (TPSA) is 90.1 Å². The molecule has 2 heterocycles. The number of anilines is 1. The van der Waals surface area contributed by atoms with Gasteiger partial charge in [0.25, 0.3) is 11.8 Å². The predicted octanol–water partition coefficient (Wildman–Crippen LogP) is 3.06. The number of hydrogen-bond donors (Lipinski definition) is 1. The number of carbonyl (C=O) groups excluding carboxylic acids is 1. The number of carbonyl (C=O) groups is 1. The van der Waals surface area contributed by atoms with Gasteiger partial charge in [0.15, 0.2) is 5.13 Å². The molecule has 0 atom stereocenters. The average Bonchev–Trinajstić information content (AvgIpc) is 3.14. The molecule has 124 valence electrons. The van der Waals surface area contributed by atoms with Crippen molar-refractivity contribution in [3.05, 3.63) is 35.5 Å². The smallest absolute Gasteiger partial charge is 0.270 e. The molecule has 0 bridgehead atoms. The highest BCUT2D eigenvalue weighted by Gasteiger charge is 2.18. The number of amides is 1. The molecule has 24 heavy (non-hydrogen) atoms. The molecule has 3 aromatic rings. The van der Waals surface area contributed by atoms with E-state index in [2.05, 4.69) is 20.4 Å².